The zero-order valence-electron chi connectivity index (χ0n) is 12.4. The minimum absolute atomic E-state index is 0.179. The Balaban J connectivity index is 2.34. The average Bonchev–Trinajstić information content (AvgIpc) is 2.44. The molecule has 21 heavy (non-hydrogen) atoms. The molecule has 0 aliphatic rings. The van der Waals surface area contributed by atoms with Crippen molar-refractivity contribution in [1.29, 1.82) is 0 Å². The van der Waals surface area contributed by atoms with Crippen LogP contribution in [0.15, 0.2) is 36.4 Å². The first kappa shape index (κ1) is 15.4. The maximum atomic E-state index is 14.2. The van der Waals surface area contributed by atoms with E-state index in [9.17, 15) is 8.78 Å². The van der Waals surface area contributed by atoms with Gasteiger partial charge in [-0.3, -0.25) is 0 Å². The Morgan fingerprint density at radius 2 is 1.90 bits per heavy atom. The average molecular weight is 291 g/mol. The van der Waals surface area contributed by atoms with Gasteiger partial charge in [0, 0.05) is 5.54 Å². The zero-order valence-corrected chi connectivity index (χ0v) is 12.4. The first-order chi connectivity index (χ1) is 9.85. The van der Waals surface area contributed by atoms with Gasteiger partial charge in [-0.2, -0.15) is 0 Å². The summed E-state index contributed by atoms with van der Waals surface area (Å²) < 4.78 is 32.9. The normalized spacial score (nSPS) is 13.8. The fraction of sp³-hybridized carbons (Fsp3) is 0.294. The van der Waals surface area contributed by atoms with Gasteiger partial charge < -0.3 is 10.5 Å². The summed E-state index contributed by atoms with van der Waals surface area (Å²) in [4.78, 5) is 0. The minimum atomic E-state index is -0.873. The van der Waals surface area contributed by atoms with Gasteiger partial charge in [0.25, 0.3) is 0 Å². The third kappa shape index (κ3) is 3.22. The predicted octanol–water partition coefficient (Wildman–Crippen LogP) is 3.70. The van der Waals surface area contributed by atoms with Crippen molar-refractivity contribution in [3.05, 3.63) is 64.7 Å². The molecule has 2 aromatic rings. The van der Waals surface area contributed by atoms with E-state index in [1.807, 2.05) is 0 Å². The molecule has 0 bridgehead atoms. The molecule has 0 saturated heterocycles. The second kappa shape index (κ2) is 5.82. The van der Waals surface area contributed by atoms with Crippen LogP contribution < -0.4 is 10.5 Å². The summed E-state index contributed by atoms with van der Waals surface area (Å²) in [6.45, 7) is 3.45. The maximum absolute atomic E-state index is 14.2. The summed E-state index contributed by atoms with van der Waals surface area (Å²) in [5.41, 5.74) is 7.04. The standard InChI is InChI=1S/C17H19F2NO/c1-11-7-8-13(9-14(11)18)17(2,20)10-12-5-4-6-15(21-3)16(12)19/h4-9H,10,20H2,1-3H3. The summed E-state index contributed by atoms with van der Waals surface area (Å²) >= 11 is 0. The summed E-state index contributed by atoms with van der Waals surface area (Å²) in [6, 6.07) is 9.79. The lowest BCUT2D eigenvalue weighted by atomic mass is 9.86. The molecule has 0 aromatic heterocycles. The van der Waals surface area contributed by atoms with Gasteiger partial charge in [-0.05, 0) is 49.1 Å². The summed E-state index contributed by atoms with van der Waals surface area (Å²) in [7, 11) is 1.42. The van der Waals surface area contributed by atoms with E-state index in [-0.39, 0.29) is 18.0 Å². The first-order valence-corrected chi connectivity index (χ1v) is 6.72. The number of methoxy groups -OCH3 is 1. The van der Waals surface area contributed by atoms with Crippen molar-refractivity contribution in [3.63, 3.8) is 0 Å². The number of ether oxygens (including phenoxy) is 1. The number of nitrogens with two attached hydrogens (primary N) is 1. The number of benzene rings is 2. The van der Waals surface area contributed by atoms with Crippen LogP contribution in [0.25, 0.3) is 0 Å². The Hall–Kier alpha value is -1.94. The quantitative estimate of drug-likeness (QED) is 0.932. The van der Waals surface area contributed by atoms with Crippen molar-refractivity contribution in [2.45, 2.75) is 25.8 Å². The van der Waals surface area contributed by atoms with E-state index in [0.29, 0.717) is 16.7 Å². The smallest absolute Gasteiger partial charge is 0.168 e. The third-order valence-electron chi connectivity index (χ3n) is 3.65. The van der Waals surface area contributed by atoms with Crippen LogP contribution in [0.5, 0.6) is 5.75 Å². The highest BCUT2D eigenvalue weighted by Gasteiger charge is 2.25. The third-order valence-corrected chi connectivity index (χ3v) is 3.65. The maximum Gasteiger partial charge on any atom is 0.168 e. The van der Waals surface area contributed by atoms with Crippen LogP contribution in [0, 0.1) is 18.6 Å². The van der Waals surface area contributed by atoms with Gasteiger partial charge in [0.05, 0.1) is 7.11 Å². The Morgan fingerprint density at radius 1 is 1.19 bits per heavy atom. The van der Waals surface area contributed by atoms with E-state index in [1.54, 1.807) is 44.2 Å². The summed E-state index contributed by atoms with van der Waals surface area (Å²) in [5, 5.41) is 0. The van der Waals surface area contributed by atoms with E-state index >= 15 is 0 Å². The second-order valence-corrected chi connectivity index (χ2v) is 5.49. The molecule has 2 nitrogen and oxygen atoms in total. The molecule has 0 aliphatic heterocycles. The van der Waals surface area contributed by atoms with Gasteiger partial charge in [0.15, 0.2) is 11.6 Å². The molecule has 4 heteroatoms. The van der Waals surface area contributed by atoms with Crippen molar-refractivity contribution in [3.8, 4) is 5.75 Å². The Bertz CT molecular complexity index is 653. The Morgan fingerprint density at radius 3 is 2.52 bits per heavy atom. The number of hydrogen-bond donors (Lipinski definition) is 1. The summed E-state index contributed by atoms with van der Waals surface area (Å²) in [5.74, 6) is -0.557. The predicted molar refractivity (Wildman–Crippen MR) is 79.3 cm³/mol. The van der Waals surface area contributed by atoms with Gasteiger partial charge in [0.1, 0.15) is 5.82 Å². The Kier molecular flexibility index (Phi) is 4.28. The molecule has 0 spiro atoms. The fourth-order valence-electron chi connectivity index (χ4n) is 2.30. The van der Waals surface area contributed by atoms with Gasteiger partial charge in [-0.1, -0.05) is 24.3 Å². The van der Waals surface area contributed by atoms with Crippen LogP contribution in [0.1, 0.15) is 23.6 Å². The second-order valence-electron chi connectivity index (χ2n) is 5.49. The molecule has 112 valence electrons. The Labute approximate surface area is 123 Å². The molecule has 2 aromatic carbocycles. The molecular formula is C17H19F2NO. The molecule has 1 unspecified atom stereocenters. The van der Waals surface area contributed by atoms with Crippen molar-refractivity contribution < 1.29 is 13.5 Å². The fourth-order valence-corrected chi connectivity index (χ4v) is 2.30. The lowest BCUT2D eigenvalue weighted by Gasteiger charge is -2.26. The van der Waals surface area contributed by atoms with E-state index in [1.165, 1.54) is 13.2 Å². The molecule has 2 rings (SSSR count). The van der Waals surface area contributed by atoms with Crippen LogP contribution in [-0.2, 0) is 12.0 Å². The first-order valence-electron chi connectivity index (χ1n) is 6.72. The van der Waals surface area contributed by atoms with Crippen LogP contribution in [0.4, 0.5) is 8.78 Å². The molecule has 2 N–H and O–H groups in total. The van der Waals surface area contributed by atoms with Crippen LogP contribution in [0.3, 0.4) is 0 Å². The molecule has 0 aliphatic carbocycles. The minimum Gasteiger partial charge on any atom is -0.494 e. The van der Waals surface area contributed by atoms with E-state index in [4.69, 9.17) is 10.5 Å². The molecule has 0 saturated carbocycles. The molecule has 0 heterocycles. The van der Waals surface area contributed by atoms with Crippen molar-refractivity contribution in [1.82, 2.24) is 0 Å². The SMILES string of the molecule is COc1cccc(CC(C)(N)c2ccc(C)c(F)c2)c1F. The van der Waals surface area contributed by atoms with Gasteiger partial charge in [-0.15, -0.1) is 0 Å². The highest BCUT2D eigenvalue weighted by molar-refractivity contribution is 5.35. The van der Waals surface area contributed by atoms with Crippen LogP contribution >= 0.6 is 0 Å². The number of halogens is 2. The van der Waals surface area contributed by atoms with Crippen LogP contribution in [0.2, 0.25) is 0 Å². The summed E-state index contributed by atoms with van der Waals surface area (Å²) in [6.07, 6.45) is 0.249. The highest BCUT2D eigenvalue weighted by atomic mass is 19.1. The van der Waals surface area contributed by atoms with Crippen molar-refractivity contribution in [2.75, 3.05) is 7.11 Å². The highest BCUT2D eigenvalue weighted by Crippen LogP contribution is 2.28. The van der Waals surface area contributed by atoms with E-state index in [0.717, 1.165) is 0 Å². The zero-order chi connectivity index (χ0) is 15.6. The van der Waals surface area contributed by atoms with E-state index in [2.05, 4.69) is 0 Å². The monoisotopic (exact) mass is 291 g/mol. The van der Waals surface area contributed by atoms with Crippen molar-refractivity contribution in [2.24, 2.45) is 5.73 Å². The lowest BCUT2D eigenvalue weighted by molar-refractivity contribution is 0.380. The molecule has 0 amide bonds. The van der Waals surface area contributed by atoms with Crippen LogP contribution in [-0.4, -0.2) is 7.11 Å². The van der Waals surface area contributed by atoms with Gasteiger partial charge >= 0.3 is 0 Å². The molecule has 1 atom stereocenters. The largest absolute Gasteiger partial charge is 0.494 e. The number of aryl methyl sites for hydroxylation is 1. The van der Waals surface area contributed by atoms with Gasteiger partial charge in [0.2, 0.25) is 0 Å². The lowest BCUT2D eigenvalue weighted by Crippen LogP contribution is -2.36. The molecule has 0 fully saturated rings. The number of hydrogen-bond acceptors (Lipinski definition) is 2. The van der Waals surface area contributed by atoms with Crippen molar-refractivity contribution >= 4 is 0 Å². The van der Waals surface area contributed by atoms with Gasteiger partial charge in [-0.25, -0.2) is 8.78 Å². The molecular weight excluding hydrogens is 272 g/mol. The van der Waals surface area contributed by atoms with E-state index < -0.39 is 11.4 Å². The molecule has 0 radical (unpaired) electrons. The topological polar surface area (TPSA) is 35.2 Å². The number of rotatable bonds is 4.